The maximum absolute atomic E-state index is 12.2. The molecule has 0 aliphatic carbocycles. The summed E-state index contributed by atoms with van der Waals surface area (Å²) in [4.78, 5) is 22.8. The zero-order chi connectivity index (χ0) is 20.0. The number of carboxylic acid groups (broad SMARTS) is 1. The first-order valence-corrected chi connectivity index (χ1v) is 7.81. The molecule has 0 saturated carbocycles. The van der Waals surface area contributed by atoms with Gasteiger partial charge in [0.25, 0.3) is 0 Å². The van der Waals surface area contributed by atoms with E-state index in [1.54, 1.807) is 6.07 Å². The van der Waals surface area contributed by atoms with Crippen molar-refractivity contribution in [3.8, 4) is 11.5 Å². The summed E-state index contributed by atoms with van der Waals surface area (Å²) in [5.74, 6) is -1.24. The summed E-state index contributed by atoms with van der Waals surface area (Å²) in [5.41, 5.74) is -0.398. The first kappa shape index (κ1) is 21.6. The van der Waals surface area contributed by atoms with Gasteiger partial charge in [-0.3, -0.25) is 9.59 Å². The smallest absolute Gasteiger partial charge is 0.422 e. The van der Waals surface area contributed by atoms with E-state index < -0.39 is 24.2 Å². The van der Waals surface area contributed by atoms with Crippen LogP contribution in [0.15, 0.2) is 18.2 Å². The Morgan fingerprint density at radius 2 is 1.85 bits per heavy atom. The van der Waals surface area contributed by atoms with E-state index in [9.17, 15) is 22.8 Å². The molecule has 0 bridgehead atoms. The minimum atomic E-state index is -4.45. The third-order valence-corrected chi connectivity index (χ3v) is 3.57. The van der Waals surface area contributed by atoms with Gasteiger partial charge >= 0.3 is 12.1 Å². The molecular formula is C17H22F3NO5. The van der Waals surface area contributed by atoms with Gasteiger partial charge in [-0.1, -0.05) is 6.07 Å². The maximum atomic E-state index is 12.2. The van der Waals surface area contributed by atoms with Crippen molar-refractivity contribution in [3.63, 3.8) is 0 Å². The molecule has 0 spiro atoms. The number of hydrogen-bond donors (Lipinski definition) is 2. The maximum Gasteiger partial charge on any atom is 0.422 e. The van der Waals surface area contributed by atoms with E-state index in [1.807, 2.05) is 0 Å². The van der Waals surface area contributed by atoms with E-state index in [4.69, 9.17) is 9.84 Å². The molecule has 0 atom stereocenters. The fourth-order valence-corrected chi connectivity index (χ4v) is 1.89. The van der Waals surface area contributed by atoms with Crippen LogP contribution >= 0.6 is 0 Å². The molecule has 1 amide bonds. The molecular weight excluding hydrogens is 355 g/mol. The highest BCUT2D eigenvalue weighted by Gasteiger charge is 2.29. The van der Waals surface area contributed by atoms with E-state index >= 15 is 0 Å². The van der Waals surface area contributed by atoms with Crippen LogP contribution in [0.1, 0.15) is 25.8 Å². The normalized spacial score (nSPS) is 11.8. The fraction of sp³-hybridized carbons (Fsp3) is 0.529. The molecule has 26 heavy (non-hydrogen) atoms. The van der Waals surface area contributed by atoms with Gasteiger partial charge in [-0.25, -0.2) is 0 Å². The molecule has 0 aliphatic rings. The number of nitrogens with one attached hydrogen (secondary N) is 1. The van der Waals surface area contributed by atoms with Crippen molar-refractivity contribution in [2.24, 2.45) is 5.41 Å². The number of amides is 1. The number of rotatable bonds is 9. The van der Waals surface area contributed by atoms with E-state index in [2.05, 4.69) is 10.1 Å². The zero-order valence-electron chi connectivity index (χ0n) is 14.8. The van der Waals surface area contributed by atoms with Crippen molar-refractivity contribution in [1.29, 1.82) is 0 Å². The average Bonchev–Trinajstić information content (AvgIpc) is 2.55. The van der Waals surface area contributed by atoms with E-state index in [0.29, 0.717) is 12.0 Å². The van der Waals surface area contributed by atoms with Gasteiger partial charge in [0.15, 0.2) is 18.1 Å². The van der Waals surface area contributed by atoms with Gasteiger partial charge in [-0.2, -0.15) is 13.2 Å². The standard InChI is InChI=1S/C17H22F3NO5/c1-16(2,15(23)24)9-21-14(22)7-5-11-4-6-12(13(8-11)25-3)26-10-17(18,19)20/h4,6,8H,5,7,9-10H2,1-3H3,(H,21,22)(H,23,24). The number of ether oxygens (including phenoxy) is 2. The number of benzene rings is 1. The molecule has 1 aromatic rings. The first-order chi connectivity index (χ1) is 11.9. The lowest BCUT2D eigenvalue weighted by atomic mass is 9.94. The summed E-state index contributed by atoms with van der Waals surface area (Å²) in [6.07, 6.45) is -4.04. The van der Waals surface area contributed by atoms with E-state index in [0.717, 1.165) is 0 Å². The van der Waals surface area contributed by atoms with Crippen LogP contribution in [-0.2, 0) is 16.0 Å². The highest BCUT2D eigenvalue weighted by Crippen LogP contribution is 2.30. The molecule has 9 heteroatoms. The van der Waals surface area contributed by atoms with Gasteiger partial charge in [-0.05, 0) is 38.0 Å². The van der Waals surface area contributed by atoms with Crippen molar-refractivity contribution in [2.45, 2.75) is 32.9 Å². The van der Waals surface area contributed by atoms with Crippen LogP contribution in [0.25, 0.3) is 0 Å². The Hall–Kier alpha value is -2.45. The summed E-state index contributed by atoms with van der Waals surface area (Å²) in [6.45, 7) is 1.57. The monoisotopic (exact) mass is 377 g/mol. The molecule has 0 fully saturated rings. The largest absolute Gasteiger partial charge is 0.493 e. The third kappa shape index (κ3) is 7.20. The highest BCUT2D eigenvalue weighted by atomic mass is 19.4. The lowest BCUT2D eigenvalue weighted by molar-refractivity contribution is -0.153. The zero-order valence-corrected chi connectivity index (χ0v) is 14.8. The van der Waals surface area contributed by atoms with Gasteiger partial charge in [0, 0.05) is 13.0 Å². The van der Waals surface area contributed by atoms with Crippen LogP contribution in [0, 0.1) is 5.41 Å². The van der Waals surface area contributed by atoms with Crippen LogP contribution in [0.3, 0.4) is 0 Å². The molecule has 0 aromatic heterocycles. The Morgan fingerprint density at radius 3 is 2.38 bits per heavy atom. The molecule has 1 aromatic carbocycles. The molecule has 146 valence electrons. The number of carbonyl (C=O) groups excluding carboxylic acids is 1. The summed E-state index contributed by atoms with van der Waals surface area (Å²) in [6, 6.07) is 4.40. The second-order valence-corrected chi connectivity index (χ2v) is 6.35. The molecule has 1 rings (SSSR count). The Labute approximate surface area is 149 Å². The minimum absolute atomic E-state index is 0.00525. The Kier molecular flexibility index (Phi) is 7.29. The summed E-state index contributed by atoms with van der Waals surface area (Å²) >= 11 is 0. The van der Waals surface area contributed by atoms with E-state index in [-0.39, 0.29) is 30.4 Å². The minimum Gasteiger partial charge on any atom is -0.493 e. The highest BCUT2D eigenvalue weighted by molar-refractivity contribution is 5.78. The lowest BCUT2D eigenvalue weighted by Crippen LogP contribution is -2.38. The van der Waals surface area contributed by atoms with Crippen molar-refractivity contribution in [1.82, 2.24) is 5.32 Å². The molecule has 0 saturated heterocycles. The molecule has 0 radical (unpaired) electrons. The fourth-order valence-electron chi connectivity index (χ4n) is 1.89. The van der Waals surface area contributed by atoms with Crippen LogP contribution in [0.2, 0.25) is 0 Å². The van der Waals surface area contributed by atoms with Gasteiger partial charge < -0.3 is 19.9 Å². The van der Waals surface area contributed by atoms with Crippen LogP contribution in [-0.4, -0.2) is 43.4 Å². The van der Waals surface area contributed by atoms with E-state index in [1.165, 1.54) is 33.1 Å². The van der Waals surface area contributed by atoms with Crippen molar-refractivity contribution in [3.05, 3.63) is 23.8 Å². The van der Waals surface area contributed by atoms with Gasteiger partial charge in [-0.15, -0.1) is 0 Å². The number of aryl methyl sites for hydroxylation is 1. The molecule has 0 aliphatic heterocycles. The van der Waals surface area contributed by atoms with Gasteiger partial charge in [0.1, 0.15) is 0 Å². The number of carbonyl (C=O) groups is 2. The second kappa shape index (κ2) is 8.77. The molecule has 0 unspecified atom stereocenters. The van der Waals surface area contributed by atoms with Crippen LogP contribution in [0.5, 0.6) is 11.5 Å². The first-order valence-electron chi connectivity index (χ1n) is 7.81. The quantitative estimate of drug-likeness (QED) is 0.691. The predicted octanol–water partition coefficient (Wildman–Crippen LogP) is 2.80. The van der Waals surface area contributed by atoms with Crippen molar-refractivity contribution < 1.29 is 37.3 Å². The molecule has 6 nitrogen and oxygen atoms in total. The summed E-state index contributed by atoms with van der Waals surface area (Å²) < 4.78 is 46.4. The number of alkyl halides is 3. The Morgan fingerprint density at radius 1 is 1.19 bits per heavy atom. The third-order valence-electron chi connectivity index (χ3n) is 3.57. The number of methoxy groups -OCH3 is 1. The summed E-state index contributed by atoms with van der Waals surface area (Å²) in [7, 11) is 1.31. The van der Waals surface area contributed by atoms with Gasteiger partial charge in [0.05, 0.1) is 12.5 Å². The Balaban J connectivity index is 2.60. The van der Waals surface area contributed by atoms with Crippen LogP contribution in [0.4, 0.5) is 13.2 Å². The van der Waals surface area contributed by atoms with Gasteiger partial charge in [0.2, 0.25) is 5.91 Å². The second-order valence-electron chi connectivity index (χ2n) is 6.35. The predicted molar refractivity (Wildman–Crippen MR) is 87.3 cm³/mol. The molecule has 0 heterocycles. The SMILES string of the molecule is COc1cc(CCC(=O)NCC(C)(C)C(=O)O)ccc1OCC(F)(F)F. The molecule has 2 N–H and O–H groups in total. The van der Waals surface area contributed by atoms with Crippen molar-refractivity contribution in [2.75, 3.05) is 20.3 Å². The number of halogens is 3. The average molecular weight is 377 g/mol. The number of aliphatic carboxylic acids is 1. The number of carboxylic acids is 1. The number of hydrogen-bond acceptors (Lipinski definition) is 4. The Bertz CT molecular complexity index is 644. The lowest BCUT2D eigenvalue weighted by Gasteiger charge is -2.19. The summed E-state index contributed by atoms with van der Waals surface area (Å²) in [5, 5.41) is 11.5. The van der Waals surface area contributed by atoms with Crippen molar-refractivity contribution >= 4 is 11.9 Å². The topological polar surface area (TPSA) is 84.9 Å². The van der Waals surface area contributed by atoms with Crippen LogP contribution < -0.4 is 14.8 Å².